The summed E-state index contributed by atoms with van der Waals surface area (Å²) in [6.07, 6.45) is 0.112. The molecular formula is C49H75N13O11. The van der Waals surface area contributed by atoms with Gasteiger partial charge in [0.1, 0.15) is 42.3 Å². The zero-order valence-corrected chi connectivity index (χ0v) is 42.5. The lowest BCUT2D eigenvalue weighted by Gasteiger charge is -2.28. The van der Waals surface area contributed by atoms with Gasteiger partial charge in [0.2, 0.25) is 53.2 Å². The van der Waals surface area contributed by atoms with Gasteiger partial charge in [-0.05, 0) is 73.7 Å². The van der Waals surface area contributed by atoms with Crippen molar-refractivity contribution >= 4 is 70.8 Å². The van der Waals surface area contributed by atoms with Crippen LogP contribution in [-0.2, 0) is 60.8 Å². The lowest BCUT2D eigenvalue weighted by Crippen LogP contribution is -2.61. The Bertz CT molecular complexity index is 2240. The van der Waals surface area contributed by atoms with Crippen molar-refractivity contribution in [3.8, 4) is 0 Å². The summed E-state index contributed by atoms with van der Waals surface area (Å²) >= 11 is 0. The number of amides is 9. The fourth-order valence-corrected chi connectivity index (χ4v) is 7.47. The summed E-state index contributed by atoms with van der Waals surface area (Å²) < 4.78 is 0. The van der Waals surface area contributed by atoms with Crippen molar-refractivity contribution in [1.29, 1.82) is 0 Å². The van der Waals surface area contributed by atoms with E-state index < -0.39 is 108 Å². The highest BCUT2D eigenvalue weighted by molar-refractivity contribution is 5.98. The van der Waals surface area contributed by atoms with Crippen molar-refractivity contribution in [3.63, 3.8) is 0 Å². The second kappa shape index (κ2) is 31.7. The Morgan fingerprint density at radius 3 is 1.59 bits per heavy atom. The van der Waals surface area contributed by atoms with Gasteiger partial charge in [0.25, 0.3) is 0 Å². The quantitative estimate of drug-likeness (QED) is 0.0230. The molecule has 2 aromatic rings. The molecule has 2 aromatic carbocycles. The molecule has 2 rings (SSSR count). The standard InChI is InChI=1S/C49H75N13O11/c1-7-28(4)41(48(72)73)62-46(70)38(26-39(51)65)61-42(66)34(19-11-12-21-50)57-44(68)37(25-32-17-13-18-33(23-32)55-29(5)63)60-45(69)36(24-31-15-9-8-10-16-31)59-43(67)35(20-14-22-54-49(52)53)58-47(71)40(27(2)3)56-30(6)64/h8-10,13,15-18,23,27-28,34-38,40-41H,7,11-12,14,19-22,24-26,50H2,1-6H3,(H2,51,65)(H,55,63)(H,56,64)(H,57,68)(H,58,71)(H,59,67)(H,60,69)(H,61,66)(H,62,70)(H,72,73)(H4,52,53,54)/t28-,34-,35-,36-,37-,38-,40-,41-/m0/s1. The number of anilines is 1. The molecule has 0 saturated heterocycles. The molecule has 9 amide bonds. The Hall–Kier alpha value is -7.63. The Balaban J connectivity index is 2.67. The van der Waals surface area contributed by atoms with Gasteiger partial charge < -0.3 is 70.6 Å². The van der Waals surface area contributed by atoms with Crippen molar-refractivity contribution in [2.75, 3.05) is 18.4 Å². The van der Waals surface area contributed by atoms with E-state index in [1.54, 1.807) is 82.3 Å². The SMILES string of the molecule is CC[C@H](C)[C@H](NC(=O)[C@H](CC(N)=O)NC(=O)[C@H](CCCCN)NC(=O)[C@H](Cc1cccc(NC(C)=O)c1)NC(=O)[C@H](Cc1ccccc1)NC(=O)[C@H](CCCN=C(N)N)NC(=O)[C@@H](NC(C)=O)C(C)C)C(=O)O. The largest absolute Gasteiger partial charge is 0.480 e. The number of carboxylic acids is 1. The van der Waals surface area contributed by atoms with Crippen LogP contribution in [0.2, 0.25) is 0 Å². The molecule has 0 saturated carbocycles. The average molecular weight is 1020 g/mol. The predicted molar refractivity (Wildman–Crippen MR) is 272 cm³/mol. The van der Waals surface area contributed by atoms with Crippen molar-refractivity contribution in [2.45, 2.75) is 142 Å². The molecule has 0 aromatic heterocycles. The van der Waals surface area contributed by atoms with Crippen LogP contribution in [0.3, 0.4) is 0 Å². The predicted octanol–water partition coefficient (Wildman–Crippen LogP) is -1.31. The van der Waals surface area contributed by atoms with Crippen LogP contribution < -0.4 is 65.5 Å². The van der Waals surface area contributed by atoms with Gasteiger partial charge in [0.15, 0.2) is 5.96 Å². The third-order valence-corrected chi connectivity index (χ3v) is 11.5. The molecule has 0 aliphatic carbocycles. The van der Waals surface area contributed by atoms with Crippen LogP contribution in [0.1, 0.15) is 97.6 Å². The van der Waals surface area contributed by atoms with Gasteiger partial charge in [-0.15, -0.1) is 0 Å². The molecule has 0 heterocycles. The topological polar surface area (TPSA) is 404 Å². The van der Waals surface area contributed by atoms with Crippen LogP contribution in [0.5, 0.6) is 0 Å². The van der Waals surface area contributed by atoms with Gasteiger partial charge in [0.05, 0.1) is 6.42 Å². The first-order chi connectivity index (χ1) is 34.4. The fraction of sp³-hybridized carbons (Fsp3) is 0.531. The van der Waals surface area contributed by atoms with Gasteiger partial charge in [-0.1, -0.05) is 76.6 Å². The Morgan fingerprint density at radius 1 is 0.575 bits per heavy atom. The van der Waals surface area contributed by atoms with Gasteiger partial charge in [-0.3, -0.25) is 48.1 Å². The van der Waals surface area contributed by atoms with Crippen molar-refractivity contribution in [3.05, 3.63) is 65.7 Å². The van der Waals surface area contributed by atoms with E-state index in [1.807, 2.05) is 0 Å². The zero-order chi connectivity index (χ0) is 54.8. The summed E-state index contributed by atoms with van der Waals surface area (Å²) in [4.78, 5) is 137. The minimum Gasteiger partial charge on any atom is -0.480 e. The molecule has 17 N–H and O–H groups in total. The summed E-state index contributed by atoms with van der Waals surface area (Å²) in [5.41, 5.74) is 23.6. The maximum atomic E-state index is 14.7. The Morgan fingerprint density at radius 2 is 1.08 bits per heavy atom. The van der Waals surface area contributed by atoms with Crippen molar-refractivity contribution in [2.24, 2.45) is 39.8 Å². The molecule has 0 unspecified atom stereocenters. The number of hydrogen-bond donors (Lipinski definition) is 13. The average Bonchev–Trinajstić information content (AvgIpc) is 3.31. The Kier molecular flexibility index (Phi) is 26.7. The first-order valence-electron chi connectivity index (χ1n) is 24.2. The minimum absolute atomic E-state index is 0.0118. The van der Waals surface area contributed by atoms with Crippen LogP contribution in [0.4, 0.5) is 5.69 Å². The second-order valence-electron chi connectivity index (χ2n) is 18.1. The lowest BCUT2D eigenvalue weighted by molar-refractivity contribution is -0.144. The normalized spacial score (nSPS) is 14.2. The van der Waals surface area contributed by atoms with E-state index in [0.29, 0.717) is 29.7 Å². The molecule has 0 aliphatic heterocycles. The summed E-state index contributed by atoms with van der Waals surface area (Å²) in [6.45, 7) is 9.59. The smallest absolute Gasteiger partial charge is 0.326 e. The number of rotatable bonds is 32. The number of aliphatic carboxylic acids is 1. The highest BCUT2D eigenvalue weighted by Gasteiger charge is 2.35. The zero-order valence-electron chi connectivity index (χ0n) is 42.5. The third-order valence-electron chi connectivity index (χ3n) is 11.5. The van der Waals surface area contributed by atoms with E-state index in [1.165, 1.54) is 13.8 Å². The molecule has 0 aliphatic rings. The molecule has 24 nitrogen and oxygen atoms in total. The molecular weight excluding hydrogens is 947 g/mol. The van der Waals surface area contributed by atoms with E-state index in [-0.39, 0.29) is 69.4 Å². The maximum absolute atomic E-state index is 14.7. The highest BCUT2D eigenvalue weighted by Crippen LogP contribution is 2.15. The molecule has 73 heavy (non-hydrogen) atoms. The lowest BCUT2D eigenvalue weighted by atomic mass is 9.98. The number of guanidine groups is 1. The third kappa shape index (κ3) is 23.0. The van der Waals surface area contributed by atoms with Crippen LogP contribution >= 0.6 is 0 Å². The molecule has 0 bridgehead atoms. The van der Waals surface area contributed by atoms with Crippen LogP contribution in [0.25, 0.3) is 0 Å². The first kappa shape index (κ1) is 61.5. The summed E-state index contributed by atoms with van der Waals surface area (Å²) in [5.74, 6) is -9.51. The van der Waals surface area contributed by atoms with Crippen molar-refractivity contribution in [1.82, 2.24) is 37.2 Å². The number of primary amides is 1. The van der Waals surface area contributed by atoms with E-state index >= 15 is 0 Å². The monoisotopic (exact) mass is 1020 g/mol. The van der Waals surface area contributed by atoms with Crippen molar-refractivity contribution < 1.29 is 53.1 Å². The number of unbranched alkanes of at least 4 members (excludes halogenated alkanes) is 1. The molecule has 24 heteroatoms. The van der Waals surface area contributed by atoms with Gasteiger partial charge in [0, 0.05) is 38.9 Å². The number of carbonyl (C=O) groups is 10. The second-order valence-corrected chi connectivity index (χ2v) is 18.1. The van der Waals surface area contributed by atoms with Gasteiger partial charge >= 0.3 is 5.97 Å². The van der Waals surface area contributed by atoms with E-state index in [9.17, 15) is 53.1 Å². The molecule has 0 spiro atoms. The van der Waals surface area contributed by atoms with E-state index in [0.717, 1.165) is 0 Å². The number of benzene rings is 2. The number of carboxylic acid groups (broad SMARTS) is 1. The highest BCUT2D eigenvalue weighted by atomic mass is 16.4. The van der Waals surface area contributed by atoms with Crippen LogP contribution in [0, 0.1) is 11.8 Å². The molecule has 0 radical (unpaired) electrons. The van der Waals surface area contributed by atoms with Gasteiger partial charge in [-0.25, -0.2) is 4.79 Å². The van der Waals surface area contributed by atoms with Crippen LogP contribution in [-0.4, -0.2) is 126 Å². The Labute approximate surface area is 425 Å². The van der Waals surface area contributed by atoms with E-state index in [4.69, 9.17) is 22.9 Å². The molecule has 8 atom stereocenters. The number of aliphatic imine (C=N–C) groups is 1. The number of nitrogens with one attached hydrogen (secondary N) is 8. The number of hydrogen-bond acceptors (Lipinski definition) is 12. The number of nitrogens with two attached hydrogens (primary N) is 4. The minimum atomic E-state index is -1.65. The first-order valence-corrected chi connectivity index (χ1v) is 24.2. The van der Waals surface area contributed by atoms with Gasteiger partial charge in [-0.2, -0.15) is 0 Å². The van der Waals surface area contributed by atoms with E-state index in [2.05, 4.69) is 47.5 Å². The number of carbonyl (C=O) groups excluding carboxylic acids is 9. The maximum Gasteiger partial charge on any atom is 0.326 e. The van der Waals surface area contributed by atoms with Crippen LogP contribution in [0.15, 0.2) is 59.6 Å². The molecule has 0 fully saturated rings. The fourth-order valence-electron chi connectivity index (χ4n) is 7.47. The summed E-state index contributed by atoms with van der Waals surface area (Å²) in [7, 11) is 0. The molecule has 402 valence electrons. The number of nitrogens with zero attached hydrogens (tertiary/aromatic N) is 1. The summed E-state index contributed by atoms with van der Waals surface area (Å²) in [5, 5.41) is 30.7. The summed E-state index contributed by atoms with van der Waals surface area (Å²) in [6, 6.07) is 5.34.